The summed E-state index contributed by atoms with van der Waals surface area (Å²) in [4.78, 5) is 2.61. The van der Waals surface area contributed by atoms with Crippen molar-refractivity contribution < 1.29 is 0 Å². The Labute approximate surface area is 83.5 Å². The molecule has 1 rings (SSSR count). The SMILES string of the molecule is CC(C)C(C)C1CCN(C(C)C)C1. The monoisotopic (exact) mass is 183 g/mol. The zero-order valence-corrected chi connectivity index (χ0v) is 9.88. The molecule has 0 aromatic rings. The van der Waals surface area contributed by atoms with Gasteiger partial charge < -0.3 is 4.90 Å². The molecule has 0 aromatic heterocycles. The van der Waals surface area contributed by atoms with Crippen LogP contribution in [0.5, 0.6) is 0 Å². The molecule has 0 N–H and O–H groups in total. The molecule has 0 saturated carbocycles. The van der Waals surface area contributed by atoms with Crippen LogP contribution >= 0.6 is 0 Å². The standard InChI is InChI=1S/C12H25N/c1-9(2)11(5)12-6-7-13(8-12)10(3)4/h9-12H,6-8H2,1-5H3. The fourth-order valence-corrected chi connectivity index (χ4v) is 2.26. The third-order valence-electron chi connectivity index (χ3n) is 3.78. The molecule has 78 valence electrons. The van der Waals surface area contributed by atoms with Crippen molar-refractivity contribution in [2.24, 2.45) is 17.8 Å². The Morgan fingerprint density at radius 1 is 1.08 bits per heavy atom. The molecule has 2 atom stereocenters. The maximum atomic E-state index is 2.61. The largest absolute Gasteiger partial charge is 0.301 e. The Kier molecular flexibility index (Phi) is 3.78. The first-order valence-electron chi connectivity index (χ1n) is 5.76. The van der Waals surface area contributed by atoms with E-state index in [2.05, 4.69) is 39.5 Å². The van der Waals surface area contributed by atoms with Gasteiger partial charge in [-0.2, -0.15) is 0 Å². The van der Waals surface area contributed by atoms with Crippen molar-refractivity contribution >= 4 is 0 Å². The molecule has 13 heavy (non-hydrogen) atoms. The summed E-state index contributed by atoms with van der Waals surface area (Å²) in [5.41, 5.74) is 0. The van der Waals surface area contributed by atoms with Crippen LogP contribution in [0.1, 0.15) is 41.0 Å². The third kappa shape index (κ3) is 2.70. The average molecular weight is 183 g/mol. The van der Waals surface area contributed by atoms with Crippen molar-refractivity contribution in [2.45, 2.75) is 47.1 Å². The predicted molar refractivity (Wildman–Crippen MR) is 58.8 cm³/mol. The first-order valence-corrected chi connectivity index (χ1v) is 5.76. The van der Waals surface area contributed by atoms with E-state index >= 15 is 0 Å². The number of hydrogen-bond donors (Lipinski definition) is 0. The molecular weight excluding hydrogens is 158 g/mol. The van der Waals surface area contributed by atoms with Gasteiger partial charge in [-0.25, -0.2) is 0 Å². The first kappa shape index (κ1) is 11.0. The topological polar surface area (TPSA) is 3.24 Å². The highest BCUT2D eigenvalue weighted by atomic mass is 15.2. The molecule has 1 heterocycles. The molecule has 1 saturated heterocycles. The van der Waals surface area contributed by atoms with E-state index in [0.29, 0.717) is 0 Å². The van der Waals surface area contributed by atoms with E-state index in [9.17, 15) is 0 Å². The minimum atomic E-state index is 0.740. The van der Waals surface area contributed by atoms with Gasteiger partial charge in [0.25, 0.3) is 0 Å². The fourth-order valence-electron chi connectivity index (χ4n) is 2.26. The molecule has 1 aliphatic rings. The Morgan fingerprint density at radius 3 is 2.08 bits per heavy atom. The van der Waals surface area contributed by atoms with Crippen LogP contribution in [0.2, 0.25) is 0 Å². The zero-order valence-electron chi connectivity index (χ0n) is 9.88. The Morgan fingerprint density at radius 2 is 1.69 bits per heavy atom. The van der Waals surface area contributed by atoms with Crippen molar-refractivity contribution in [3.8, 4) is 0 Å². The molecule has 1 aliphatic heterocycles. The van der Waals surface area contributed by atoms with Gasteiger partial charge in [-0.05, 0) is 44.6 Å². The van der Waals surface area contributed by atoms with E-state index in [-0.39, 0.29) is 0 Å². The van der Waals surface area contributed by atoms with Crippen LogP contribution in [0.3, 0.4) is 0 Å². The van der Waals surface area contributed by atoms with Crippen LogP contribution in [0, 0.1) is 17.8 Å². The number of nitrogens with zero attached hydrogens (tertiary/aromatic N) is 1. The summed E-state index contributed by atoms with van der Waals surface area (Å²) in [5.74, 6) is 2.68. The third-order valence-corrected chi connectivity index (χ3v) is 3.78. The number of hydrogen-bond acceptors (Lipinski definition) is 1. The van der Waals surface area contributed by atoms with Crippen LogP contribution in [-0.4, -0.2) is 24.0 Å². The Balaban J connectivity index is 2.40. The van der Waals surface area contributed by atoms with Gasteiger partial charge in [0.05, 0.1) is 0 Å². The second kappa shape index (κ2) is 4.45. The van der Waals surface area contributed by atoms with Gasteiger partial charge >= 0.3 is 0 Å². The lowest BCUT2D eigenvalue weighted by atomic mass is 9.84. The number of likely N-dealkylation sites (tertiary alicyclic amines) is 1. The van der Waals surface area contributed by atoms with Gasteiger partial charge in [-0.1, -0.05) is 20.8 Å². The molecule has 0 aromatic carbocycles. The van der Waals surface area contributed by atoms with E-state index < -0.39 is 0 Å². The van der Waals surface area contributed by atoms with Crippen molar-refractivity contribution in [2.75, 3.05) is 13.1 Å². The lowest BCUT2D eigenvalue weighted by molar-refractivity contribution is 0.229. The quantitative estimate of drug-likeness (QED) is 0.650. The van der Waals surface area contributed by atoms with Crippen molar-refractivity contribution in [3.63, 3.8) is 0 Å². The lowest BCUT2D eigenvalue weighted by Gasteiger charge is -2.25. The van der Waals surface area contributed by atoms with Gasteiger partial charge in [-0.3, -0.25) is 0 Å². The van der Waals surface area contributed by atoms with Crippen molar-refractivity contribution in [1.29, 1.82) is 0 Å². The predicted octanol–water partition coefficient (Wildman–Crippen LogP) is 3.01. The molecular formula is C12H25N. The highest BCUT2D eigenvalue weighted by molar-refractivity contribution is 4.81. The summed E-state index contributed by atoms with van der Waals surface area (Å²) in [6, 6.07) is 0.740. The lowest BCUT2D eigenvalue weighted by Crippen LogP contribution is -2.29. The van der Waals surface area contributed by atoms with E-state index in [4.69, 9.17) is 0 Å². The molecule has 1 fully saturated rings. The van der Waals surface area contributed by atoms with Crippen LogP contribution in [0.15, 0.2) is 0 Å². The average Bonchev–Trinajstić information content (AvgIpc) is 2.50. The summed E-state index contributed by atoms with van der Waals surface area (Å²) in [6.07, 6.45) is 1.41. The van der Waals surface area contributed by atoms with Gasteiger partial charge in [0, 0.05) is 12.6 Å². The second-order valence-corrected chi connectivity index (χ2v) is 5.24. The minimum absolute atomic E-state index is 0.740. The van der Waals surface area contributed by atoms with Gasteiger partial charge in [0.1, 0.15) is 0 Å². The molecule has 0 bridgehead atoms. The Bertz CT molecular complexity index is 151. The Hall–Kier alpha value is -0.0400. The van der Waals surface area contributed by atoms with E-state index in [0.717, 1.165) is 23.8 Å². The summed E-state index contributed by atoms with van der Waals surface area (Å²) in [5, 5.41) is 0. The molecule has 0 radical (unpaired) electrons. The van der Waals surface area contributed by atoms with Crippen molar-refractivity contribution in [1.82, 2.24) is 4.90 Å². The molecule has 1 heteroatoms. The maximum Gasteiger partial charge on any atom is 0.00387 e. The summed E-state index contributed by atoms with van der Waals surface area (Å²) < 4.78 is 0. The van der Waals surface area contributed by atoms with Gasteiger partial charge in [0.15, 0.2) is 0 Å². The van der Waals surface area contributed by atoms with Crippen LogP contribution in [0.25, 0.3) is 0 Å². The summed E-state index contributed by atoms with van der Waals surface area (Å²) in [7, 11) is 0. The fraction of sp³-hybridized carbons (Fsp3) is 1.00. The van der Waals surface area contributed by atoms with E-state index in [1.165, 1.54) is 19.5 Å². The van der Waals surface area contributed by atoms with Crippen molar-refractivity contribution in [3.05, 3.63) is 0 Å². The zero-order chi connectivity index (χ0) is 10.0. The highest BCUT2D eigenvalue weighted by Gasteiger charge is 2.29. The molecule has 2 unspecified atom stereocenters. The highest BCUT2D eigenvalue weighted by Crippen LogP contribution is 2.29. The van der Waals surface area contributed by atoms with Crippen LogP contribution < -0.4 is 0 Å². The minimum Gasteiger partial charge on any atom is -0.301 e. The normalized spacial score (nSPS) is 27.5. The second-order valence-electron chi connectivity index (χ2n) is 5.24. The summed E-state index contributed by atoms with van der Waals surface area (Å²) in [6.45, 7) is 14.4. The van der Waals surface area contributed by atoms with Crippen LogP contribution in [-0.2, 0) is 0 Å². The van der Waals surface area contributed by atoms with Gasteiger partial charge in [0.2, 0.25) is 0 Å². The smallest absolute Gasteiger partial charge is 0.00387 e. The molecule has 0 spiro atoms. The van der Waals surface area contributed by atoms with E-state index in [1.54, 1.807) is 0 Å². The number of rotatable bonds is 3. The van der Waals surface area contributed by atoms with Gasteiger partial charge in [-0.15, -0.1) is 0 Å². The molecule has 0 amide bonds. The molecule has 1 nitrogen and oxygen atoms in total. The molecule has 0 aliphatic carbocycles. The maximum absolute atomic E-state index is 2.61. The van der Waals surface area contributed by atoms with Crippen LogP contribution in [0.4, 0.5) is 0 Å². The first-order chi connectivity index (χ1) is 6.02. The summed E-state index contributed by atoms with van der Waals surface area (Å²) >= 11 is 0. The van der Waals surface area contributed by atoms with E-state index in [1.807, 2.05) is 0 Å².